The molecule has 1 aromatic carbocycles. The van der Waals surface area contributed by atoms with Gasteiger partial charge in [0.15, 0.2) is 0 Å². The van der Waals surface area contributed by atoms with Gasteiger partial charge in [0.1, 0.15) is 11.6 Å². The Bertz CT molecular complexity index is 646. The molecule has 3 rings (SSSR count). The van der Waals surface area contributed by atoms with E-state index in [9.17, 15) is 9.18 Å². The molecule has 0 spiro atoms. The summed E-state index contributed by atoms with van der Waals surface area (Å²) in [5, 5.41) is 5.03. The van der Waals surface area contributed by atoms with Gasteiger partial charge in [0.25, 0.3) is 0 Å². The Kier molecular flexibility index (Phi) is 5.00. The Morgan fingerprint density at radius 1 is 1.45 bits per heavy atom. The van der Waals surface area contributed by atoms with Crippen LogP contribution in [-0.2, 0) is 4.79 Å². The lowest BCUT2D eigenvalue weighted by Gasteiger charge is -2.18. The van der Waals surface area contributed by atoms with Crippen molar-refractivity contribution in [3.8, 4) is 5.75 Å². The van der Waals surface area contributed by atoms with E-state index in [-0.39, 0.29) is 17.8 Å². The number of hydrogen-bond donors (Lipinski definition) is 1. The van der Waals surface area contributed by atoms with E-state index in [0.717, 1.165) is 22.6 Å². The van der Waals surface area contributed by atoms with Crippen LogP contribution < -0.4 is 10.1 Å². The van der Waals surface area contributed by atoms with Gasteiger partial charge in [-0.25, -0.2) is 4.39 Å². The molecule has 1 amide bonds. The molecule has 0 radical (unpaired) electrons. The van der Waals surface area contributed by atoms with Crippen LogP contribution in [0.3, 0.4) is 0 Å². The molecule has 1 aliphatic heterocycles. The van der Waals surface area contributed by atoms with Crippen molar-refractivity contribution in [3.05, 3.63) is 47.1 Å². The third-order valence-corrected chi connectivity index (χ3v) is 5.55. The first-order valence-corrected chi connectivity index (χ1v) is 8.97. The van der Waals surface area contributed by atoms with Crippen molar-refractivity contribution >= 4 is 29.0 Å². The van der Waals surface area contributed by atoms with Gasteiger partial charge in [-0.1, -0.05) is 12.1 Å². The second kappa shape index (κ2) is 7.15. The molecule has 2 heterocycles. The maximum absolute atomic E-state index is 13.3. The first-order chi connectivity index (χ1) is 10.7. The quantitative estimate of drug-likeness (QED) is 0.857. The molecular formula is C16H16FNO2S2. The number of hydrogen-bond acceptors (Lipinski definition) is 4. The molecule has 2 aromatic rings. The van der Waals surface area contributed by atoms with Crippen molar-refractivity contribution in [2.45, 2.75) is 23.1 Å². The number of carbonyl (C=O) groups is 1. The Labute approximate surface area is 136 Å². The van der Waals surface area contributed by atoms with Crippen LogP contribution in [0.5, 0.6) is 5.75 Å². The van der Waals surface area contributed by atoms with E-state index in [1.165, 1.54) is 23.9 Å². The van der Waals surface area contributed by atoms with Crippen LogP contribution >= 0.6 is 23.1 Å². The van der Waals surface area contributed by atoms with Crippen LogP contribution in [0, 0.1) is 5.82 Å². The zero-order chi connectivity index (χ0) is 15.4. The minimum Gasteiger partial charge on any atom is -0.493 e. The van der Waals surface area contributed by atoms with Crippen LogP contribution in [0.1, 0.15) is 24.4 Å². The van der Waals surface area contributed by atoms with Gasteiger partial charge < -0.3 is 10.1 Å². The van der Waals surface area contributed by atoms with Gasteiger partial charge in [0.2, 0.25) is 5.91 Å². The van der Waals surface area contributed by atoms with E-state index >= 15 is 0 Å². The maximum atomic E-state index is 13.3. The van der Waals surface area contributed by atoms with Crippen molar-refractivity contribution in [3.63, 3.8) is 0 Å². The fraction of sp³-hybridized carbons (Fsp3) is 0.312. The van der Waals surface area contributed by atoms with Crippen molar-refractivity contribution in [1.82, 2.24) is 5.32 Å². The third kappa shape index (κ3) is 3.81. The van der Waals surface area contributed by atoms with Crippen LogP contribution in [0.25, 0.3) is 0 Å². The molecule has 0 saturated carbocycles. The molecule has 1 aromatic heterocycles. The zero-order valence-corrected chi connectivity index (χ0v) is 13.5. The largest absolute Gasteiger partial charge is 0.493 e. The molecule has 0 unspecified atom stereocenters. The standard InChI is InChI=1S/C16H16FNO2S2/c17-11-5-6-12-13(3-1-7-20-14(12)9-11)18-15(19)10-22-16-4-2-8-21-16/h2,4-6,8-9,13H,1,3,7,10H2,(H,18,19)/t13-/m0/s1. The van der Waals surface area contributed by atoms with Crippen molar-refractivity contribution in [2.75, 3.05) is 12.4 Å². The minimum absolute atomic E-state index is 0.0134. The summed E-state index contributed by atoms with van der Waals surface area (Å²) in [5.74, 6) is 0.585. The lowest BCUT2D eigenvalue weighted by molar-refractivity contribution is -0.119. The summed E-state index contributed by atoms with van der Waals surface area (Å²) in [5.41, 5.74) is 0.855. The van der Waals surface area contributed by atoms with Crippen molar-refractivity contribution in [2.24, 2.45) is 0 Å². The van der Waals surface area contributed by atoms with Gasteiger partial charge in [0, 0.05) is 11.6 Å². The summed E-state index contributed by atoms with van der Waals surface area (Å²) in [6.07, 6.45) is 1.63. The van der Waals surface area contributed by atoms with Crippen LogP contribution in [0.2, 0.25) is 0 Å². The predicted molar refractivity (Wildman–Crippen MR) is 87.1 cm³/mol. The second-order valence-corrected chi connectivity index (χ2v) is 7.24. The molecule has 6 heteroatoms. The average Bonchev–Trinajstić information content (AvgIpc) is 2.95. The lowest BCUT2D eigenvalue weighted by atomic mass is 10.0. The van der Waals surface area contributed by atoms with Crippen LogP contribution in [0.15, 0.2) is 39.9 Å². The number of nitrogens with one attached hydrogen (secondary N) is 1. The molecule has 1 atom stereocenters. The maximum Gasteiger partial charge on any atom is 0.230 e. The van der Waals surface area contributed by atoms with Crippen molar-refractivity contribution in [1.29, 1.82) is 0 Å². The summed E-state index contributed by atoms with van der Waals surface area (Å²) in [6.45, 7) is 0.548. The molecule has 1 aliphatic rings. The number of carbonyl (C=O) groups excluding carboxylic acids is 1. The number of amides is 1. The van der Waals surface area contributed by atoms with Gasteiger partial charge in [-0.3, -0.25) is 4.79 Å². The van der Waals surface area contributed by atoms with Gasteiger partial charge in [-0.05, 0) is 30.4 Å². The number of fused-ring (bicyclic) bond motifs is 1. The van der Waals surface area contributed by atoms with Gasteiger partial charge >= 0.3 is 0 Å². The summed E-state index contributed by atoms with van der Waals surface area (Å²) >= 11 is 3.15. The first-order valence-electron chi connectivity index (χ1n) is 7.10. The van der Waals surface area contributed by atoms with Crippen LogP contribution in [0.4, 0.5) is 4.39 Å². The molecule has 0 fully saturated rings. The van der Waals surface area contributed by atoms with Gasteiger partial charge in [0.05, 0.1) is 22.6 Å². The molecule has 22 heavy (non-hydrogen) atoms. The van der Waals surface area contributed by atoms with E-state index < -0.39 is 0 Å². The number of halogens is 1. The van der Waals surface area contributed by atoms with E-state index in [0.29, 0.717) is 18.1 Å². The Morgan fingerprint density at radius 3 is 3.18 bits per heavy atom. The Morgan fingerprint density at radius 2 is 2.36 bits per heavy atom. The highest BCUT2D eigenvalue weighted by Crippen LogP contribution is 2.32. The number of benzene rings is 1. The SMILES string of the molecule is O=C(CSc1cccs1)N[C@H]1CCCOc2cc(F)ccc21. The van der Waals surface area contributed by atoms with E-state index in [1.54, 1.807) is 17.4 Å². The average molecular weight is 337 g/mol. The monoisotopic (exact) mass is 337 g/mol. The summed E-state index contributed by atoms with van der Waals surface area (Å²) in [6, 6.07) is 8.36. The fourth-order valence-corrected chi connectivity index (χ4v) is 4.01. The number of rotatable bonds is 4. The van der Waals surface area contributed by atoms with E-state index in [2.05, 4.69) is 5.32 Å². The van der Waals surface area contributed by atoms with E-state index in [4.69, 9.17) is 4.74 Å². The molecular weight excluding hydrogens is 321 g/mol. The highest BCUT2D eigenvalue weighted by atomic mass is 32.2. The predicted octanol–water partition coefficient (Wildman–Crippen LogP) is 4.01. The number of thiophene rings is 1. The molecule has 0 aliphatic carbocycles. The topological polar surface area (TPSA) is 38.3 Å². The summed E-state index contributed by atoms with van der Waals surface area (Å²) in [7, 11) is 0. The lowest BCUT2D eigenvalue weighted by Crippen LogP contribution is -2.29. The molecule has 0 bridgehead atoms. The minimum atomic E-state index is -0.320. The van der Waals surface area contributed by atoms with Gasteiger partial charge in [-0.15, -0.1) is 23.1 Å². The third-order valence-electron chi connectivity index (χ3n) is 3.42. The van der Waals surface area contributed by atoms with Gasteiger partial charge in [-0.2, -0.15) is 0 Å². The molecule has 3 nitrogen and oxygen atoms in total. The summed E-state index contributed by atoms with van der Waals surface area (Å²) in [4.78, 5) is 12.2. The van der Waals surface area contributed by atoms with Crippen LogP contribution in [-0.4, -0.2) is 18.3 Å². The summed E-state index contributed by atoms with van der Waals surface area (Å²) < 4.78 is 20.0. The molecule has 0 saturated heterocycles. The Balaban J connectivity index is 1.65. The second-order valence-electron chi connectivity index (χ2n) is 5.01. The number of thioether (sulfide) groups is 1. The highest BCUT2D eigenvalue weighted by Gasteiger charge is 2.22. The molecule has 1 N–H and O–H groups in total. The first kappa shape index (κ1) is 15.4. The Hall–Kier alpha value is -1.53. The highest BCUT2D eigenvalue weighted by molar-refractivity contribution is 8.01. The van der Waals surface area contributed by atoms with E-state index in [1.807, 2.05) is 17.5 Å². The van der Waals surface area contributed by atoms with Crippen molar-refractivity contribution < 1.29 is 13.9 Å². The number of ether oxygens (including phenoxy) is 1. The smallest absolute Gasteiger partial charge is 0.230 e. The fourth-order valence-electron chi connectivity index (χ4n) is 2.41. The normalized spacial score (nSPS) is 17.2. The molecule has 116 valence electrons. The zero-order valence-electron chi connectivity index (χ0n) is 11.9.